The van der Waals surface area contributed by atoms with E-state index in [1.807, 2.05) is 0 Å². The molecule has 0 radical (unpaired) electrons. The maximum Gasteiger partial charge on any atom is 0.267 e. The van der Waals surface area contributed by atoms with Crippen molar-refractivity contribution in [2.75, 3.05) is 17.1 Å². The minimum absolute atomic E-state index is 0.00975. The van der Waals surface area contributed by atoms with E-state index in [2.05, 4.69) is 0 Å². The lowest BCUT2D eigenvalue weighted by molar-refractivity contribution is 0.475. The summed E-state index contributed by atoms with van der Waals surface area (Å²) in [6.07, 6.45) is 0. The van der Waals surface area contributed by atoms with Crippen LogP contribution in [0.2, 0.25) is 0 Å². The SMILES string of the molecule is Cc1cc(N)cc(S(=O)(=O)N(C)c2ccc(O)cc2)c1F. The molecular weight excluding hydrogens is 295 g/mol. The minimum Gasteiger partial charge on any atom is -0.508 e. The predicted molar refractivity (Wildman–Crippen MR) is 79.2 cm³/mol. The number of benzene rings is 2. The Kier molecular flexibility index (Phi) is 3.78. The molecule has 0 fully saturated rings. The molecule has 0 aromatic heterocycles. The highest BCUT2D eigenvalue weighted by Gasteiger charge is 2.26. The maximum absolute atomic E-state index is 14.1. The van der Waals surface area contributed by atoms with Crippen molar-refractivity contribution in [2.45, 2.75) is 11.8 Å². The Morgan fingerprint density at radius 2 is 1.76 bits per heavy atom. The fourth-order valence-corrected chi connectivity index (χ4v) is 3.27. The second-order valence-corrected chi connectivity index (χ2v) is 6.58. The van der Waals surface area contributed by atoms with Gasteiger partial charge in [0.15, 0.2) is 0 Å². The summed E-state index contributed by atoms with van der Waals surface area (Å²) in [7, 11) is -2.78. The summed E-state index contributed by atoms with van der Waals surface area (Å²) in [5.74, 6) is -0.814. The summed E-state index contributed by atoms with van der Waals surface area (Å²) < 4.78 is 40.1. The number of aromatic hydroxyl groups is 1. The molecule has 112 valence electrons. The zero-order valence-corrected chi connectivity index (χ0v) is 12.4. The molecule has 2 rings (SSSR count). The number of nitrogens with zero attached hydrogens (tertiary/aromatic N) is 1. The Morgan fingerprint density at radius 3 is 2.33 bits per heavy atom. The molecule has 3 N–H and O–H groups in total. The normalized spacial score (nSPS) is 11.4. The summed E-state index contributed by atoms with van der Waals surface area (Å²) in [5.41, 5.74) is 6.23. The average molecular weight is 310 g/mol. The van der Waals surface area contributed by atoms with Gasteiger partial charge < -0.3 is 10.8 Å². The first-order valence-electron chi connectivity index (χ1n) is 6.07. The van der Waals surface area contributed by atoms with Crippen molar-refractivity contribution >= 4 is 21.4 Å². The molecule has 0 amide bonds. The fraction of sp³-hybridized carbons (Fsp3) is 0.143. The number of rotatable bonds is 3. The average Bonchev–Trinajstić information content (AvgIpc) is 2.42. The molecule has 2 aromatic carbocycles. The highest BCUT2D eigenvalue weighted by atomic mass is 32.2. The number of phenolic OH excluding ortho intramolecular Hbond substituents is 1. The minimum atomic E-state index is -4.08. The van der Waals surface area contributed by atoms with Crippen LogP contribution < -0.4 is 10.0 Å². The van der Waals surface area contributed by atoms with E-state index in [-0.39, 0.29) is 17.0 Å². The molecule has 7 heteroatoms. The van der Waals surface area contributed by atoms with Crippen molar-refractivity contribution in [3.05, 3.63) is 47.8 Å². The van der Waals surface area contributed by atoms with E-state index in [0.717, 1.165) is 10.4 Å². The van der Waals surface area contributed by atoms with Gasteiger partial charge in [-0.1, -0.05) is 0 Å². The van der Waals surface area contributed by atoms with E-state index >= 15 is 0 Å². The van der Waals surface area contributed by atoms with Gasteiger partial charge >= 0.3 is 0 Å². The van der Waals surface area contributed by atoms with Gasteiger partial charge in [0.1, 0.15) is 16.5 Å². The van der Waals surface area contributed by atoms with Crippen LogP contribution in [0.5, 0.6) is 5.75 Å². The summed E-state index contributed by atoms with van der Waals surface area (Å²) in [5, 5.41) is 9.23. The Labute approximate surface area is 122 Å². The van der Waals surface area contributed by atoms with Crippen LogP contribution in [0, 0.1) is 12.7 Å². The van der Waals surface area contributed by atoms with Crippen molar-refractivity contribution in [2.24, 2.45) is 0 Å². The summed E-state index contributed by atoms with van der Waals surface area (Å²) >= 11 is 0. The van der Waals surface area contributed by atoms with Crippen molar-refractivity contribution in [1.82, 2.24) is 0 Å². The molecule has 0 heterocycles. The molecule has 0 atom stereocenters. The van der Waals surface area contributed by atoms with Gasteiger partial charge in [-0.25, -0.2) is 12.8 Å². The quantitative estimate of drug-likeness (QED) is 0.852. The third-order valence-electron chi connectivity index (χ3n) is 3.10. The van der Waals surface area contributed by atoms with Crippen LogP contribution in [0.1, 0.15) is 5.56 Å². The Balaban J connectivity index is 2.54. The number of aryl methyl sites for hydroxylation is 1. The molecule has 0 saturated heterocycles. The highest BCUT2D eigenvalue weighted by molar-refractivity contribution is 7.92. The van der Waals surface area contributed by atoms with E-state index in [4.69, 9.17) is 5.73 Å². The molecule has 21 heavy (non-hydrogen) atoms. The second kappa shape index (κ2) is 5.25. The van der Waals surface area contributed by atoms with Crippen molar-refractivity contribution in [3.63, 3.8) is 0 Å². The van der Waals surface area contributed by atoms with Gasteiger partial charge in [0.25, 0.3) is 10.0 Å². The van der Waals surface area contributed by atoms with E-state index in [1.165, 1.54) is 44.3 Å². The summed E-state index contributed by atoms with van der Waals surface area (Å²) in [4.78, 5) is -0.476. The second-order valence-electron chi connectivity index (χ2n) is 4.64. The number of hydrogen-bond donors (Lipinski definition) is 2. The van der Waals surface area contributed by atoms with Gasteiger partial charge in [-0.05, 0) is 48.9 Å². The van der Waals surface area contributed by atoms with Crippen LogP contribution in [-0.4, -0.2) is 20.6 Å². The number of nitrogen functional groups attached to an aromatic ring is 1. The number of phenols is 1. The molecule has 0 aliphatic carbocycles. The Hall–Kier alpha value is -2.28. The van der Waals surface area contributed by atoms with Crippen molar-refractivity contribution in [3.8, 4) is 5.75 Å². The molecule has 2 aromatic rings. The molecule has 0 unspecified atom stereocenters. The first-order valence-corrected chi connectivity index (χ1v) is 7.51. The van der Waals surface area contributed by atoms with E-state index in [0.29, 0.717) is 5.69 Å². The lowest BCUT2D eigenvalue weighted by Gasteiger charge is -2.20. The Morgan fingerprint density at radius 1 is 1.19 bits per heavy atom. The lowest BCUT2D eigenvalue weighted by Crippen LogP contribution is -2.27. The lowest BCUT2D eigenvalue weighted by atomic mass is 10.2. The van der Waals surface area contributed by atoms with Gasteiger partial charge in [0.05, 0.1) is 5.69 Å². The molecule has 0 bridgehead atoms. The molecule has 0 aliphatic heterocycles. The summed E-state index contributed by atoms with van der Waals surface area (Å²) in [6.45, 7) is 1.45. The summed E-state index contributed by atoms with van der Waals surface area (Å²) in [6, 6.07) is 8.00. The van der Waals surface area contributed by atoms with Gasteiger partial charge in [-0.2, -0.15) is 0 Å². The molecular formula is C14H15FN2O3S. The maximum atomic E-state index is 14.1. The van der Waals surface area contributed by atoms with Crippen molar-refractivity contribution in [1.29, 1.82) is 0 Å². The van der Waals surface area contributed by atoms with Crippen LogP contribution in [0.15, 0.2) is 41.3 Å². The van der Waals surface area contributed by atoms with Crippen LogP contribution in [0.25, 0.3) is 0 Å². The van der Waals surface area contributed by atoms with Crippen LogP contribution in [0.3, 0.4) is 0 Å². The number of halogens is 1. The van der Waals surface area contributed by atoms with E-state index in [1.54, 1.807) is 0 Å². The number of nitrogens with two attached hydrogens (primary N) is 1. The molecule has 0 saturated carbocycles. The third kappa shape index (κ3) is 2.78. The van der Waals surface area contributed by atoms with Gasteiger partial charge in [0, 0.05) is 12.7 Å². The monoisotopic (exact) mass is 310 g/mol. The third-order valence-corrected chi connectivity index (χ3v) is 4.88. The zero-order valence-electron chi connectivity index (χ0n) is 11.5. The largest absolute Gasteiger partial charge is 0.508 e. The number of hydrogen-bond acceptors (Lipinski definition) is 4. The first kappa shape index (κ1) is 15.1. The van der Waals surface area contributed by atoms with E-state index < -0.39 is 20.7 Å². The van der Waals surface area contributed by atoms with Gasteiger partial charge in [-0.15, -0.1) is 0 Å². The highest BCUT2D eigenvalue weighted by Crippen LogP contribution is 2.28. The topological polar surface area (TPSA) is 83.6 Å². The van der Waals surface area contributed by atoms with Crippen LogP contribution >= 0.6 is 0 Å². The number of anilines is 2. The van der Waals surface area contributed by atoms with E-state index in [9.17, 15) is 17.9 Å². The van der Waals surface area contributed by atoms with Crippen LogP contribution in [0.4, 0.5) is 15.8 Å². The van der Waals surface area contributed by atoms with Crippen LogP contribution in [-0.2, 0) is 10.0 Å². The molecule has 0 aliphatic rings. The molecule has 0 spiro atoms. The van der Waals surface area contributed by atoms with Gasteiger partial charge in [-0.3, -0.25) is 4.31 Å². The first-order chi connectivity index (χ1) is 9.73. The Bertz CT molecular complexity index is 774. The standard InChI is InChI=1S/C14H15FN2O3S/c1-9-7-10(16)8-13(14(9)15)21(19,20)17(2)11-3-5-12(18)6-4-11/h3-8,18H,16H2,1-2H3. The predicted octanol–water partition coefficient (Wildman–Crippen LogP) is 2.25. The van der Waals surface area contributed by atoms with Crippen molar-refractivity contribution < 1.29 is 17.9 Å². The van der Waals surface area contributed by atoms with Gasteiger partial charge in [0.2, 0.25) is 0 Å². The smallest absolute Gasteiger partial charge is 0.267 e. The fourth-order valence-electron chi connectivity index (χ4n) is 1.90. The zero-order chi connectivity index (χ0) is 15.8. The molecule has 5 nitrogen and oxygen atoms in total. The number of sulfonamides is 1.